The molecule has 0 saturated carbocycles. The number of hydrogen-bond acceptors (Lipinski definition) is 0. The third-order valence-corrected chi connectivity index (χ3v) is 5.45. The van der Waals surface area contributed by atoms with Crippen molar-refractivity contribution in [1.82, 2.24) is 0 Å². The fourth-order valence-electron chi connectivity index (χ4n) is 3.82. The van der Waals surface area contributed by atoms with Crippen molar-refractivity contribution in [1.29, 1.82) is 0 Å². The van der Waals surface area contributed by atoms with Crippen LogP contribution in [0.5, 0.6) is 0 Å². The van der Waals surface area contributed by atoms with Crippen LogP contribution in [-0.4, -0.2) is 11.8 Å². The van der Waals surface area contributed by atoms with Crippen LogP contribution in [0.25, 0.3) is 16.7 Å². The quantitative estimate of drug-likeness (QED) is 0.404. The third-order valence-electron chi connectivity index (χ3n) is 5.45. The number of rotatable bonds is 8. The Morgan fingerprint density at radius 3 is 2.18 bits per heavy atom. The molecule has 0 N–H and O–H groups in total. The number of allylic oxidation sites excluding steroid dienone is 4. The molecule has 2 unspecified atom stereocenters. The molecule has 0 aliphatic heterocycles. The topological polar surface area (TPSA) is 0 Å². The number of alkyl halides is 2. The lowest BCUT2D eigenvalue weighted by atomic mass is 9.80. The van der Waals surface area contributed by atoms with Crippen LogP contribution in [0.2, 0.25) is 0 Å². The molecule has 0 aromatic heterocycles. The van der Waals surface area contributed by atoms with Crippen molar-refractivity contribution >= 4 is 5.57 Å². The zero-order chi connectivity index (χ0) is 20.0. The van der Waals surface area contributed by atoms with Crippen LogP contribution >= 0.6 is 0 Å². The second-order valence-electron chi connectivity index (χ2n) is 7.44. The number of halogens is 3. The first-order valence-electron chi connectivity index (χ1n) is 10.1. The third kappa shape index (κ3) is 4.24. The summed E-state index contributed by atoms with van der Waals surface area (Å²) in [6.45, 7) is 2.10. The summed E-state index contributed by atoms with van der Waals surface area (Å²) in [5.41, 5.74) is -0.0294. The van der Waals surface area contributed by atoms with Crippen molar-refractivity contribution in [2.24, 2.45) is 0 Å². The molecule has 28 heavy (non-hydrogen) atoms. The molecule has 0 fully saturated rings. The fraction of sp³-hybridized carbons (Fsp3) is 0.360. The molecule has 3 heteroatoms. The number of hydrogen-bond donors (Lipinski definition) is 0. The van der Waals surface area contributed by atoms with E-state index < -0.39 is 17.7 Å². The molecule has 0 heterocycles. The van der Waals surface area contributed by atoms with Gasteiger partial charge in [0.05, 0.1) is 0 Å². The first kappa shape index (κ1) is 20.4. The van der Waals surface area contributed by atoms with Gasteiger partial charge in [-0.2, -0.15) is 0 Å². The Hall–Kier alpha value is -2.29. The predicted octanol–water partition coefficient (Wildman–Crippen LogP) is 8.01. The normalized spacial score (nSPS) is 21.9. The van der Waals surface area contributed by atoms with Crippen LogP contribution in [-0.2, 0) is 0 Å². The van der Waals surface area contributed by atoms with E-state index in [1.165, 1.54) is 6.08 Å². The maximum atomic E-state index is 15.5. The van der Waals surface area contributed by atoms with Crippen molar-refractivity contribution in [2.45, 2.75) is 57.3 Å². The minimum absolute atomic E-state index is 0.134. The Bertz CT molecular complexity index is 838. The number of unbranched alkanes of at least 4 members (excludes halogenated alkanes) is 4. The van der Waals surface area contributed by atoms with E-state index in [1.807, 2.05) is 42.5 Å². The first-order chi connectivity index (χ1) is 13.6. The highest BCUT2D eigenvalue weighted by Crippen LogP contribution is 2.45. The Morgan fingerprint density at radius 2 is 1.46 bits per heavy atom. The predicted molar refractivity (Wildman–Crippen MR) is 111 cm³/mol. The van der Waals surface area contributed by atoms with E-state index in [2.05, 4.69) is 6.92 Å². The van der Waals surface area contributed by atoms with Gasteiger partial charge in [-0.3, -0.25) is 0 Å². The van der Waals surface area contributed by atoms with E-state index in [-0.39, 0.29) is 12.0 Å². The van der Waals surface area contributed by atoms with Crippen LogP contribution in [0.4, 0.5) is 13.2 Å². The van der Waals surface area contributed by atoms with Gasteiger partial charge in [0, 0.05) is 0 Å². The van der Waals surface area contributed by atoms with Gasteiger partial charge in [0.1, 0.15) is 5.83 Å². The summed E-state index contributed by atoms with van der Waals surface area (Å²) in [7, 11) is 0. The summed E-state index contributed by atoms with van der Waals surface area (Å²) in [5, 5.41) is 0. The van der Waals surface area contributed by atoms with Gasteiger partial charge in [-0.05, 0) is 41.2 Å². The van der Waals surface area contributed by atoms with E-state index in [4.69, 9.17) is 0 Å². The summed E-state index contributed by atoms with van der Waals surface area (Å²) < 4.78 is 45.2. The van der Waals surface area contributed by atoms with Crippen LogP contribution < -0.4 is 0 Å². The van der Waals surface area contributed by atoms with Crippen molar-refractivity contribution < 1.29 is 13.2 Å². The summed E-state index contributed by atoms with van der Waals surface area (Å²) in [6, 6.07) is 16.9. The average molecular weight is 384 g/mol. The molecular weight excluding hydrogens is 357 g/mol. The van der Waals surface area contributed by atoms with E-state index in [9.17, 15) is 4.39 Å². The van der Waals surface area contributed by atoms with Crippen LogP contribution in [0.1, 0.15) is 51.0 Å². The molecule has 0 nitrogen and oxygen atoms in total. The Kier molecular flexibility index (Phi) is 6.77. The molecule has 2 aromatic rings. The summed E-state index contributed by atoms with van der Waals surface area (Å²) in [6.07, 6.45) is 4.70. The van der Waals surface area contributed by atoms with Gasteiger partial charge in [0.2, 0.25) is 0 Å². The number of benzene rings is 2. The van der Waals surface area contributed by atoms with Gasteiger partial charge in [-0.15, -0.1) is 0 Å². The minimum atomic E-state index is -2.58. The molecule has 3 rings (SSSR count). The molecule has 148 valence electrons. The second kappa shape index (κ2) is 9.27. The summed E-state index contributed by atoms with van der Waals surface area (Å²) >= 11 is 0. The van der Waals surface area contributed by atoms with Gasteiger partial charge < -0.3 is 0 Å². The van der Waals surface area contributed by atoms with E-state index in [0.29, 0.717) is 12.0 Å². The van der Waals surface area contributed by atoms with E-state index in [1.54, 1.807) is 12.1 Å². The molecule has 0 radical (unpaired) electrons. The van der Waals surface area contributed by atoms with Crippen LogP contribution in [0, 0.1) is 0 Å². The standard InChI is InChI=1S/C25H27F3/c1-2-3-4-5-11-18-25(28)23(26)17-16-22(24(25)27)21-15-10-9-14-20(21)19-12-7-6-8-13-19/h6-10,12-17,24H,2-5,11,18H2,1H3. The molecule has 0 bridgehead atoms. The summed E-state index contributed by atoms with van der Waals surface area (Å²) in [4.78, 5) is 0. The van der Waals surface area contributed by atoms with Crippen LogP contribution in [0.15, 0.2) is 72.6 Å². The van der Waals surface area contributed by atoms with Crippen LogP contribution in [0.3, 0.4) is 0 Å². The Balaban J connectivity index is 1.88. The highest BCUT2D eigenvalue weighted by Gasteiger charge is 2.47. The van der Waals surface area contributed by atoms with Gasteiger partial charge in [0.15, 0.2) is 11.8 Å². The molecule has 0 amide bonds. The molecule has 2 atom stereocenters. The van der Waals surface area contributed by atoms with Crippen molar-refractivity contribution in [3.8, 4) is 11.1 Å². The lowest BCUT2D eigenvalue weighted by Crippen LogP contribution is -2.38. The Morgan fingerprint density at radius 1 is 0.821 bits per heavy atom. The summed E-state index contributed by atoms with van der Waals surface area (Å²) in [5.74, 6) is -1.00. The van der Waals surface area contributed by atoms with E-state index >= 15 is 8.78 Å². The highest BCUT2D eigenvalue weighted by molar-refractivity contribution is 5.85. The molecule has 2 aromatic carbocycles. The van der Waals surface area contributed by atoms with E-state index in [0.717, 1.165) is 42.9 Å². The SMILES string of the molecule is CCCCCCCC1(F)C(F)=CC=C(c2ccccc2-c2ccccc2)C1F. The second-order valence-corrected chi connectivity index (χ2v) is 7.44. The zero-order valence-corrected chi connectivity index (χ0v) is 16.3. The van der Waals surface area contributed by atoms with Gasteiger partial charge >= 0.3 is 0 Å². The smallest absolute Gasteiger partial charge is 0.197 e. The largest absolute Gasteiger partial charge is 0.238 e. The van der Waals surface area contributed by atoms with Gasteiger partial charge in [0.25, 0.3) is 0 Å². The lowest BCUT2D eigenvalue weighted by Gasteiger charge is -2.32. The lowest BCUT2D eigenvalue weighted by molar-refractivity contribution is 0.0808. The molecule has 0 saturated heterocycles. The monoisotopic (exact) mass is 384 g/mol. The maximum absolute atomic E-state index is 15.5. The highest BCUT2D eigenvalue weighted by atomic mass is 19.2. The van der Waals surface area contributed by atoms with Crippen molar-refractivity contribution in [3.05, 3.63) is 78.1 Å². The van der Waals surface area contributed by atoms with Crippen molar-refractivity contribution in [2.75, 3.05) is 0 Å². The average Bonchev–Trinajstić information content (AvgIpc) is 2.73. The molecule has 0 spiro atoms. The zero-order valence-electron chi connectivity index (χ0n) is 16.3. The maximum Gasteiger partial charge on any atom is 0.197 e. The Labute approximate surface area is 165 Å². The molecular formula is C25H27F3. The molecule has 1 aliphatic carbocycles. The van der Waals surface area contributed by atoms with Gasteiger partial charge in [-0.1, -0.05) is 93.3 Å². The minimum Gasteiger partial charge on any atom is -0.238 e. The van der Waals surface area contributed by atoms with Crippen molar-refractivity contribution in [3.63, 3.8) is 0 Å². The molecule has 1 aliphatic rings. The fourth-order valence-corrected chi connectivity index (χ4v) is 3.82. The first-order valence-corrected chi connectivity index (χ1v) is 10.1. The van der Waals surface area contributed by atoms with Gasteiger partial charge in [-0.25, -0.2) is 13.2 Å².